The molecule has 0 unspecified atom stereocenters. The van der Waals surface area contributed by atoms with Gasteiger partial charge in [-0.2, -0.15) is 24.9 Å². The topological polar surface area (TPSA) is 12.0 Å². The Hall–Kier alpha value is -0.680. The Labute approximate surface area is 122 Å². The molecule has 1 aliphatic carbocycles. The van der Waals surface area contributed by atoms with Gasteiger partial charge in [0, 0.05) is 17.8 Å². The number of hydrogen-bond donors (Lipinski definition) is 1. The highest BCUT2D eigenvalue weighted by Gasteiger charge is 2.32. The summed E-state index contributed by atoms with van der Waals surface area (Å²) in [6.45, 7) is 1.55. The monoisotopic (exact) mass is 303 g/mol. The molecule has 0 atom stereocenters. The number of alkyl halides is 3. The first kappa shape index (κ1) is 15.7. The largest absolute Gasteiger partial charge is 0.416 e. The minimum absolute atomic E-state index is 0.325. The van der Waals surface area contributed by atoms with Gasteiger partial charge in [-0.15, -0.1) is 0 Å². The van der Waals surface area contributed by atoms with Crippen molar-refractivity contribution in [1.29, 1.82) is 0 Å². The standard InChI is InChI=1S/C15H20F3NS/c1-20-14(8-2-3-9-14)11-19-10-12-4-6-13(7-5-12)15(16,17)18/h4-7,19H,2-3,8-11H2,1H3. The van der Waals surface area contributed by atoms with Crippen LogP contribution in [0.2, 0.25) is 0 Å². The molecule has 1 aliphatic rings. The Morgan fingerprint density at radius 2 is 1.75 bits per heavy atom. The highest BCUT2D eigenvalue weighted by molar-refractivity contribution is 8.00. The fourth-order valence-corrected chi connectivity index (χ4v) is 3.66. The number of hydrogen-bond acceptors (Lipinski definition) is 2. The molecule has 0 saturated heterocycles. The molecule has 0 spiro atoms. The average Bonchev–Trinajstić information content (AvgIpc) is 2.88. The zero-order valence-corrected chi connectivity index (χ0v) is 12.4. The van der Waals surface area contributed by atoms with Crippen molar-refractivity contribution in [3.63, 3.8) is 0 Å². The molecular formula is C15H20F3NS. The van der Waals surface area contributed by atoms with Gasteiger partial charge in [0.25, 0.3) is 0 Å². The summed E-state index contributed by atoms with van der Waals surface area (Å²) >= 11 is 1.91. The van der Waals surface area contributed by atoms with E-state index in [1.807, 2.05) is 11.8 Å². The molecule has 0 radical (unpaired) electrons. The lowest BCUT2D eigenvalue weighted by molar-refractivity contribution is -0.137. The average molecular weight is 303 g/mol. The molecule has 1 aromatic rings. The number of thioether (sulfide) groups is 1. The first-order valence-corrected chi connectivity index (χ1v) is 8.10. The fraction of sp³-hybridized carbons (Fsp3) is 0.600. The number of benzene rings is 1. The van der Waals surface area contributed by atoms with Crippen molar-refractivity contribution in [2.45, 2.75) is 43.2 Å². The Bertz CT molecular complexity index is 422. The van der Waals surface area contributed by atoms with Gasteiger partial charge in [-0.25, -0.2) is 0 Å². The normalized spacial score (nSPS) is 18.4. The van der Waals surface area contributed by atoms with Crippen molar-refractivity contribution in [3.05, 3.63) is 35.4 Å². The quantitative estimate of drug-likeness (QED) is 0.861. The van der Waals surface area contributed by atoms with E-state index in [1.165, 1.54) is 25.7 Å². The van der Waals surface area contributed by atoms with Crippen LogP contribution in [0.3, 0.4) is 0 Å². The Morgan fingerprint density at radius 1 is 1.15 bits per heavy atom. The van der Waals surface area contributed by atoms with Crippen LogP contribution in [0.5, 0.6) is 0 Å². The Kier molecular flexibility index (Phi) is 5.02. The third kappa shape index (κ3) is 3.92. The zero-order chi connectivity index (χ0) is 14.6. The molecule has 0 heterocycles. The molecule has 20 heavy (non-hydrogen) atoms. The van der Waals surface area contributed by atoms with Crippen LogP contribution in [0.4, 0.5) is 13.2 Å². The van der Waals surface area contributed by atoms with Crippen LogP contribution in [0.25, 0.3) is 0 Å². The number of rotatable bonds is 5. The minimum Gasteiger partial charge on any atom is -0.311 e. The third-order valence-corrected chi connectivity index (χ3v) is 5.42. The maximum Gasteiger partial charge on any atom is 0.416 e. The van der Waals surface area contributed by atoms with E-state index in [1.54, 1.807) is 12.1 Å². The molecule has 2 rings (SSSR count). The lowest BCUT2D eigenvalue weighted by Gasteiger charge is -2.27. The van der Waals surface area contributed by atoms with E-state index in [9.17, 15) is 13.2 Å². The van der Waals surface area contributed by atoms with Crippen molar-refractivity contribution in [2.24, 2.45) is 0 Å². The Morgan fingerprint density at radius 3 is 2.25 bits per heavy atom. The van der Waals surface area contributed by atoms with Gasteiger partial charge in [-0.05, 0) is 36.8 Å². The van der Waals surface area contributed by atoms with Crippen LogP contribution in [-0.2, 0) is 12.7 Å². The van der Waals surface area contributed by atoms with Gasteiger partial charge in [-0.1, -0.05) is 25.0 Å². The van der Waals surface area contributed by atoms with Crippen LogP contribution in [0.1, 0.15) is 36.8 Å². The molecule has 1 N–H and O–H groups in total. The molecule has 0 aliphatic heterocycles. The second-order valence-corrected chi connectivity index (χ2v) is 6.67. The van der Waals surface area contributed by atoms with Gasteiger partial charge in [0.05, 0.1) is 5.56 Å². The summed E-state index contributed by atoms with van der Waals surface area (Å²) in [4.78, 5) is 0. The second-order valence-electron chi connectivity index (χ2n) is 5.39. The first-order valence-electron chi connectivity index (χ1n) is 6.87. The summed E-state index contributed by atoms with van der Waals surface area (Å²) in [7, 11) is 0. The molecule has 5 heteroatoms. The third-order valence-electron chi connectivity index (χ3n) is 4.01. The SMILES string of the molecule is CSC1(CNCc2ccc(C(F)(F)F)cc2)CCCC1. The molecule has 1 nitrogen and oxygen atoms in total. The van der Waals surface area contributed by atoms with Crippen molar-refractivity contribution < 1.29 is 13.2 Å². The molecule has 0 bridgehead atoms. The minimum atomic E-state index is -4.25. The second kappa shape index (κ2) is 6.39. The fourth-order valence-electron chi connectivity index (χ4n) is 2.72. The van der Waals surface area contributed by atoms with Crippen LogP contribution in [0, 0.1) is 0 Å². The van der Waals surface area contributed by atoms with Gasteiger partial charge in [0.1, 0.15) is 0 Å². The summed E-state index contributed by atoms with van der Waals surface area (Å²) in [6.07, 6.45) is 2.91. The van der Waals surface area contributed by atoms with Crippen LogP contribution in [-0.4, -0.2) is 17.5 Å². The molecule has 1 saturated carbocycles. The van der Waals surface area contributed by atoms with E-state index in [4.69, 9.17) is 0 Å². The summed E-state index contributed by atoms with van der Waals surface area (Å²) < 4.78 is 37.7. The van der Waals surface area contributed by atoms with E-state index in [0.29, 0.717) is 11.3 Å². The van der Waals surface area contributed by atoms with Gasteiger partial charge < -0.3 is 5.32 Å². The molecule has 1 aromatic carbocycles. The van der Waals surface area contributed by atoms with E-state index < -0.39 is 11.7 Å². The highest BCUT2D eigenvalue weighted by atomic mass is 32.2. The number of nitrogens with one attached hydrogen (secondary N) is 1. The summed E-state index contributed by atoms with van der Waals surface area (Å²) in [6, 6.07) is 5.40. The molecular weight excluding hydrogens is 283 g/mol. The predicted octanol–water partition coefficient (Wildman–Crippen LogP) is 4.47. The Balaban J connectivity index is 1.85. The van der Waals surface area contributed by atoms with Crippen molar-refractivity contribution >= 4 is 11.8 Å². The molecule has 0 amide bonds. The maximum absolute atomic E-state index is 12.5. The highest BCUT2D eigenvalue weighted by Crippen LogP contribution is 2.39. The first-order chi connectivity index (χ1) is 9.45. The van der Waals surface area contributed by atoms with Gasteiger partial charge in [-0.3, -0.25) is 0 Å². The lowest BCUT2D eigenvalue weighted by atomic mass is 10.1. The van der Waals surface area contributed by atoms with Crippen LogP contribution < -0.4 is 5.32 Å². The van der Waals surface area contributed by atoms with Gasteiger partial charge in [0.15, 0.2) is 0 Å². The summed E-state index contributed by atoms with van der Waals surface area (Å²) in [5, 5.41) is 3.39. The van der Waals surface area contributed by atoms with Crippen molar-refractivity contribution in [2.75, 3.05) is 12.8 Å². The van der Waals surface area contributed by atoms with Crippen LogP contribution >= 0.6 is 11.8 Å². The number of halogens is 3. The summed E-state index contributed by atoms with van der Waals surface area (Å²) in [5.74, 6) is 0. The predicted molar refractivity (Wildman–Crippen MR) is 77.9 cm³/mol. The zero-order valence-electron chi connectivity index (χ0n) is 11.6. The molecule has 112 valence electrons. The maximum atomic E-state index is 12.5. The van der Waals surface area contributed by atoms with E-state index in [-0.39, 0.29) is 0 Å². The van der Waals surface area contributed by atoms with Gasteiger partial charge >= 0.3 is 6.18 Å². The van der Waals surface area contributed by atoms with Gasteiger partial charge in [0.2, 0.25) is 0 Å². The lowest BCUT2D eigenvalue weighted by Crippen LogP contribution is -2.34. The molecule has 1 fully saturated rings. The van der Waals surface area contributed by atoms with E-state index in [0.717, 1.165) is 24.2 Å². The van der Waals surface area contributed by atoms with Crippen LogP contribution in [0.15, 0.2) is 24.3 Å². The molecule has 0 aromatic heterocycles. The van der Waals surface area contributed by atoms with Crippen molar-refractivity contribution in [1.82, 2.24) is 5.32 Å². The van der Waals surface area contributed by atoms with Crippen molar-refractivity contribution in [3.8, 4) is 0 Å². The van der Waals surface area contributed by atoms with E-state index in [2.05, 4.69) is 11.6 Å². The smallest absolute Gasteiger partial charge is 0.311 e. The van der Waals surface area contributed by atoms with E-state index >= 15 is 0 Å². The summed E-state index contributed by atoms with van der Waals surface area (Å²) in [5.41, 5.74) is 0.310.